The van der Waals surface area contributed by atoms with Crippen LogP contribution in [0.25, 0.3) is 0 Å². The zero-order chi connectivity index (χ0) is 29.3. The molecule has 0 heterocycles. The second-order valence-corrected chi connectivity index (χ2v) is 10.3. The molecule has 0 bridgehead atoms. The van der Waals surface area contributed by atoms with E-state index >= 15 is 0 Å². The van der Waals surface area contributed by atoms with Gasteiger partial charge in [-0.2, -0.15) is 5.48 Å². The summed E-state index contributed by atoms with van der Waals surface area (Å²) in [5.74, 6) is -0.940. The van der Waals surface area contributed by atoms with Gasteiger partial charge < -0.3 is 21.0 Å². The molecule has 0 aliphatic rings. The smallest absolute Gasteiger partial charge is 0.332 e. The minimum atomic E-state index is -0.675. The molecule has 0 radical (unpaired) electrons. The third kappa shape index (κ3) is 13.7. The summed E-state index contributed by atoms with van der Waals surface area (Å²) in [7, 11) is 0. The molecule has 2 amide bonds. The van der Waals surface area contributed by atoms with Crippen LogP contribution in [-0.4, -0.2) is 35.5 Å². The van der Waals surface area contributed by atoms with Crippen LogP contribution in [0.1, 0.15) is 60.8 Å². The van der Waals surface area contributed by atoms with Crippen LogP contribution in [0.4, 0.5) is 0 Å². The van der Waals surface area contributed by atoms with Gasteiger partial charge in [0.25, 0.3) is 5.91 Å². The molecule has 5 N–H and O–H groups in total. The molecule has 0 aromatic heterocycles. The zero-order valence-corrected chi connectivity index (χ0v) is 24.7. The van der Waals surface area contributed by atoms with Gasteiger partial charge in [-0.15, -0.1) is 12.4 Å². The zero-order valence-electron chi connectivity index (χ0n) is 23.9. The van der Waals surface area contributed by atoms with E-state index in [1.54, 1.807) is 24.3 Å². The summed E-state index contributed by atoms with van der Waals surface area (Å²) in [5, 5.41) is 12.1. The van der Waals surface area contributed by atoms with E-state index in [2.05, 4.69) is 41.1 Å². The number of benzene rings is 3. The summed E-state index contributed by atoms with van der Waals surface area (Å²) >= 11 is 0. The van der Waals surface area contributed by atoms with E-state index < -0.39 is 12.0 Å². The number of nitrogens with two attached hydrogens (primary N) is 1. The molecule has 3 aromatic carbocycles. The van der Waals surface area contributed by atoms with Crippen LogP contribution < -0.4 is 16.5 Å². The van der Waals surface area contributed by atoms with Gasteiger partial charge in [-0.1, -0.05) is 73.2 Å². The topological polar surface area (TPSA) is 131 Å². The summed E-state index contributed by atoms with van der Waals surface area (Å²) in [6.45, 7) is 0.458. The predicted octanol–water partition coefficient (Wildman–Crippen LogP) is 4.74. The highest BCUT2D eigenvalue weighted by Gasteiger charge is 2.14. The minimum absolute atomic E-state index is 0. The molecule has 0 spiro atoms. The predicted molar refractivity (Wildman–Crippen MR) is 166 cm³/mol. The molecule has 0 fully saturated rings. The Hall–Kier alpha value is -3.88. The highest BCUT2D eigenvalue weighted by atomic mass is 35.5. The fourth-order valence-electron chi connectivity index (χ4n) is 4.48. The number of phenolic OH excluding ortho intramolecular Hbond substituents is 1. The Balaban J connectivity index is 0.00000616. The molecule has 42 heavy (non-hydrogen) atoms. The molecular formula is C33H42ClN3O5. The maximum atomic E-state index is 12.3. The number of aryl methyl sites for hydroxylation is 2. The van der Waals surface area contributed by atoms with Crippen LogP contribution in [-0.2, 0) is 44.9 Å². The van der Waals surface area contributed by atoms with Crippen molar-refractivity contribution in [1.82, 2.24) is 10.8 Å². The number of halogens is 1. The number of nitrogens with one attached hydrogen (secondary N) is 2. The van der Waals surface area contributed by atoms with Crippen molar-refractivity contribution in [2.24, 2.45) is 5.73 Å². The van der Waals surface area contributed by atoms with Crippen molar-refractivity contribution in [3.8, 4) is 5.75 Å². The number of hydrogen-bond donors (Lipinski definition) is 4. The Bertz CT molecular complexity index is 1240. The van der Waals surface area contributed by atoms with Gasteiger partial charge in [0, 0.05) is 13.0 Å². The molecule has 8 nitrogen and oxygen atoms in total. The van der Waals surface area contributed by atoms with Gasteiger partial charge in [-0.3, -0.25) is 9.59 Å². The van der Waals surface area contributed by atoms with Crippen molar-refractivity contribution in [2.75, 3.05) is 6.54 Å². The van der Waals surface area contributed by atoms with Gasteiger partial charge >= 0.3 is 5.97 Å². The normalized spacial score (nSPS) is 11.2. The summed E-state index contributed by atoms with van der Waals surface area (Å²) in [5.41, 5.74) is 12.5. The molecule has 1 atom stereocenters. The molecule has 3 rings (SSSR count). The number of carbonyl (C=O) groups excluding carboxylic acids is 3. The fourth-order valence-corrected chi connectivity index (χ4v) is 4.48. The Kier molecular flexibility index (Phi) is 15.8. The lowest BCUT2D eigenvalue weighted by molar-refractivity contribution is -0.158. The number of carbonyl (C=O) groups is 3. The lowest BCUT2D eigenvalue weighted by atomic mass is 10.0. The number of amides is 2. The molecule has 0 unspecified atom stereocenters. The van der Waals surface area contributed by atoms with Crippen LogP contribution in [0, 0.1) is 0 Å². The van der Waals surface area contributed by atoms with Crippen LogP contribution in [0.5, 0.6) is 5.75 Å². The van der Waals surface area contributed by atoms with Crippen molar-refractivity contribution in [2.45, 2.75) is 70.3 Å². The molecule has 0 saturated carbocycles. The Morgan fingerprint density at radius 1 is 0.762 bits per heavy atom. The second kappa shape index (κ2) is 19.3. The van der Waals surface area contributed by atoms with Gasteiger partial charge in [0.2, 0.25) is 5.91 Å². The molecule has 226 valence electrons. The summed E-state index contributed by atoms with van der Waals surface area (Å²) in [4.78, 5) is 41.3. The van der Waals surface area contributed by atoms with Crippen molar-refractivity contribution in [3.05, 3.63) is 101 Å². The van der Waals surface area contributed by atoms with E-state index in [9.17, 15) is 19.5 Å². The van der Waals surface area contributed by atoms with Gasteiger partial charge in [0.1, 0.15) is 5.75 Å². The first-order valence-electron chi connectivity index (χ1n) is 14.3. The number of aromatic hydroxyl groups is 1. The Morgan fingerprint density at radius 2 is 1.43 bits per heavy atom. The number of hydrogen-bond acceptors (Lipinski definition) is 6. The first kappa shape index (κ1) is 34.3. The monoisotopic (exact) mass is 595 g/mol. The van der Waals surface area contributed by atoms with Crippen LogP contribution >= 0.6 is 12.4 Å². The van der Waals surface area contributed by atoms with Crippen LogP contribution in [0.2, 0.25) is 0 Å². The highest BCUT2D eigenvalue weighted by Crippen LogP contribution is 2.13. The summed E-state index contributed by atoms with van der Waals surface area (Å²) < 4.78 is 0. The van der Waals surface area contributed by atoms with Crippen molar-refractivity contribution in [1.29, 1.82) is 0 Å². The van der Waals surface area contributed by atoms with Crippen LogP contribution in [0.15, 0.2) is 78.9 Å². The van der Waals surface area contributed by atoms with E-state index in [0.717, 1.165) is 36.8 Å². The average molecular weight is 596 g/mol. The quantitative estimate of drug-likeness (QED) is 0.140. The molecule has 9 heteroatoms. The fraction of sp³-hybridized carbons (Fsp3) is 0.364. The number of rotatable bonds is 16. The number of unbranched alkanes of at least 4 members (excludes halogenated alkanes) is 3. The largest absolute Gasteiger partial charge is 0.508 e. The Morgan fingerprint density at radius 3 is 2.17 bits per heavy atom. The summed E-state index contributed by atoms with van der Waals surface area (Å²) in [6, 6.07) is 24.3. The second-order valence-electron chi connectivity index (χ2n) is 10.3. The maximum absolute atomic E-state index is 12.3. The SMILES string of the molecule is Cl.N[C@@H](Cc1ccc(O)cc1)C(=O)NCCCCCC(=O)ONC(=O)Cc1cccc(CCCCc2ccccc2)c1. The lowest BCUT2D eigenvalue weighted by Crippen LogP contribution is -2.42. The van der Waals surface area contributed by atoms with Gasteiger partial charge in [0.15, 0.2) is 0 Å². The van der Waals surface area contributed by atoms with E-state index in [4.69, 9.17) is 10.6 Å². The van der Waals surface area contributed by atoms with Crippen LogP contribution in [0.3, 0.4) is 0 Å². The standard InChI is InChI=1S/C33H41N3O5.ClH/c34-30(23-27-17-19-29(37)20-18-27)33(40)35-21-8-2-5-16-32(39)41-36-31(38)24-28-15-9-14-26(22-28)13-7-6-12-25-10-3-1-4-11-25;/h1,3-4,9-11,14-15,17-20,22,30,37H,2,5-8,12-13,16,21,23-24,34H2,(H,35,40)(H,36,38);1H/t30-;/m0./s1. The first-order chi connectivity index (χ1) is 19.9. The van der Waals surface area contributed by atoms with Gasteiger partial charge in [0.05, 0.1) is 12.5 Å². The van der Waals surface area contributed by atoms with Gasteiger partial charge in [-0.25, -0.2) is 4.79 Å². The third-order valence-corrected chi connectivity index (χ3v) is 6.74. The Labute approximate surface area is 254 Å². The number of hydroxylamine groups is 1. The lowest BCUT2D eigenvalue weighted by Gasteiger charge is -2.12. The van der Waals surface area contributed by atoms with Gasteiger partial charge in [-0.05, 0) is 79.3 Å². The van der Waals surface area contributed by atoms with E-state index in [-0.39, 0.29) is 42.8 Å². The van der Waals surface area contributed by atoms with E-state index in [1.807, 2.05) is 24.3 Å². The van der Waals surface area contributed by atoms with Crippen molar-refractivity contribution >= 4 is 30.2 Å². The maximum Gasteiger partial charge on any atom is 0.332 e. The number of phenols is 1. The molecule has 0 aliphatic heterocycles. The first-order valence-corrected chi connectivity index (χ1v) is 14.3. The van der Waals surface area contributed by atoms with E-state index in [1.165, 1.54) is 11.1 Å². The minimum Gasteiger partial charge on any atom is -0.508 e. The van der Waals surface area contributed by atoms with E-state index in [0.29, 0.717) is 32.2 Å². The highest BCUT2D eigenvalue weighted by molar-refractivity contribution is 5.85. The molecule has 0 aliphatic carbocycles. The molecular weight excluding hydrogens is 554 g/mol. The van der Waals surface area contributed by atoms with Crippen molar-refractivity contribution < 1.29 is 24.3 Å². The molecule has 0 saturated heterocycles. The van der Waals surface area contributed by atoms with Crippen molar-refractivity contribution in [3.63, 3.8) is 0 Å². The average Bonchev–Trinajstić information content (AvgIpc) is 2.98. The molecule has 3 aromatic rings. The third-order valence-electron chi connectivity index (χ3n) is 6.74. The summed E-state index contributed by atoms with van der Waals surface area (Å²) in [6.07, 6.45) is 6.87.